The van der Waals surface area contributed by atoms with E-state index in [1.807, 2.05) is 17.5 Å². The largest absolute Gasteiger partial charge is 0.491 e. The van der Waals surface area contributed by atoms with Gasteiger partial charge < -0.3 is 9.84 Å². The summed E-state index contributed by atoms with van der Waals surface area (Å²) in [6, 6.07) is 9.30. The molecule has 3 nitrogen and oxygen atoms in total. The zero-order chi connectivity index (χ0) is 14.4. The molecule has 0 fully saturated rings. The number of carboxylic acid groups (broad SMARTS) is 1. The normalized spacial score (nSPS) is 10.8. The first-order valence-corrected chi connectivity index (χ1v) is 7.27. The fraction of sp³-hybridized carbons (Fsp3) is 0.133. The zero-order valence-electron chi connectivity index (χ0n) is 10.6. The average molecular weight is 309 g/mol. The Morgan fingerprint density at radius 2 is 2.20 bits per heavy atom. The van der Waals surface area contributed by atoms with Gasteiger partial charge in [0.1, 0.15) is 5.75 Å². The van der Waals surface area contributed by atoms with Gasteiger partial charge in [0.25, 0.3) is 0 Å². The molecule has 0 spiro atoms. The molecule has 5 heteroatoms. The number of carbonyl (C=O) groups is 1. The lowest BCUT2D eigenvalue weighted by atomic mass is 10.2. The molecule has 0 saturated heterocycles. The molecule has 104 valence electrons. The molecule has 2 aromatic rings. The van der Waals surface area contributed by atoms with Gasteiger partial charge in [-0.2, -0.15) is 0 Å². The number of para-hydroxylation sites is 1. The number of aliphatic carboxylic acids is 1. The number of halogens is 1. The predicted molar refractivity (Wildman–Crippen MR) is 81.6 cm³/mol. The van der Waals surface area contributed by atoms with E-state index < -0.39 is 5.97 Å². The Morgan fingerprint density at radius 1 is 1.35 bits per heavy atom. The molecule has 0 unspecified atom stereocenters. The Balaban J connectivity index is 2.07. The molecule has 0 saturated carbocycles. The molecule has 1 aromatic carbocycles. The van der Waals surface area contributed by atoms with Crippen molar-refractivity contribution in [3.05, 3.63) is 57.3 Å². The molecule has 0 radical (unpaired) electrons. The predicted octanol–water partition coefficient (Wildman–Crippen LogP) is 4.12. The number of carboxylic acids is 1. The van der Waals surface area contributed by atoms with E-state index in [9.17, 15) is 4.79 Å². The van der Waals surface area contributed by atoms with Crippen LogP contribution in [-0.2, 0) is 11.2 Å². The van der Waals surface area contributed by atoms with Crippen molar-refractivity contribution in [3.8, 4) is 5.75 Å². The van der Waals surface area contributed by atoms with Gasteiger partial charge in [-0.1, -0.05) is 29.8 Å². The average Bonchev–Trinajstić information content (AvgIpc) is 2.92. The number of hydrogen-bond acceptors (Lipinski definition) is 3. The van der Waals surface area contributed by atoms with Gasteiger partial charge in [0.15, 0.2) is 0 Å². The van der Waals surface area contributed by atoms with Crippen LogP contribution in [0.3, 0.4) is 0 Å². The molecule has 1 aromatic heterocycles. The Hall–Kier alpha value is -1.78. The summed E-state index contributed by atoms with van der Waals surface area (Å²) in [5.74, 6) is -0.488. The SMILES string of the molecule is O=C(O)/C=C/c1cccc(Cl)c1OCCc1cccs1. The van der Waals surface area contributed by atoms with Gasteiger partial charge in [0.2, 0.25) is 0 Å². The monoisotopic (exact) mass is 308 g/mol. The molecule has 1 N–H and O–H groups in total. The van der Waals surface area contributed by atoms with Crippen LogP contribution in [0.2, 0.25) is 5.02 Å². The van der Waals surface area contributed by atoms with Crippen LogP contribution in [0.1, 0.15) is 10.4 Å². The molecule has 1 heterocycles. The summed E-state index contributed by atoms with van der Waals surface area (Å²) in [6.45, 7) is 0.498. The number of ether oxygens (including phenoxy) is 1. The third-order valence-corrected chi connectivity index (χ3v) is 3.81. The quantitative estimate of drug-likeness (QED) is 0.816. The Kier molecular flexibility index (Phi) is 5.21. The van der Waals surface area contributed by atoms with Crippen LogP contribution in [0.25, 0.3) is 6.08 Å². The van der Waals surface area contributed by atoms with Crippen molar-refractivity contribution < 1.29 is 14.6 Å². The first-order valence-electron chi connectivity index (χ1n) is 6.01. The maximum atomic E-state index is 10.6. The Morgan fingerprint density at radius 3 is 2.90 bits per heavy atom. The van der Waals surface area contributed by atoms with Crippen molar-refractivity contribution in [1.29, 1.82) is 0 Å². The second-order valence-electron chi connectivity index (χ2n) is 4.01. The van der Waals surface area contributed by atoms with Crippen LogP contribution < -0.4 is 4.74 Å². The highest BCUT2D eigenvalue weighted by Gasteiger charge is 2.07. The molecule has 0 amide bonds. The lowest BCUT2D eigenvalue weighted by Crippen LogP contribution is -2.02. The second-order valence-corrected chi connectivity index (χ2v) is 5.45. The van der Waals surface area contributed by atoms with E-state index in [1.165, 1.54) is 11.0 Å². The summed E-state index contributed by atoms with van der Waals surface area (Å²) >= 11 is 7.78. The maximum Gasteiger partial charge on any atom is 0.328 e. The third kappa shape index (κ3) is 4.11. The highest BCUT2D eigenvalue weighted by molar-refractivity contribution is 7.09. The topological polar surface area (TPSA) is 46.5 Å². The van der Waals surface area contributed by atoms with E-state index in [2.05, 4.69) is 0 Å². The molecule has 0 aliphatic heterocycles. The zero-order valence-corrected chi connectivity index (χ0v) is 12.2. The summed E-state index contributed by atoms with van der Waals surface area (Å²) < 4.78 is 5.70. The lowest BCUT2D eigenvalue weighted by molar-refractivity contribution is -0.131. The maximum absolute atomic E-state index is 10.6. The fourth-order valence-corrected chi connectivity index (χ4v) is 2.61. The number of thiophene rings is 1. The highest BCUT2D eigenvalue weighted by Crippen LogP contribution is 2.29. The van der Waals surface area contributed by atoms with Crippen molar-refractivity contribution in [2.24, 2.45) is 0 Å². The first kappa shape index (κ1) is 14.6. The van der Waals surface area contributed by atoms with Crippen LogP contribution in [0, 0.1) is 0 Å². The van der Waals surface area contributed by atoms with Gasteiger partial charge in [-0.15, -0.1) is 11.3 Å². The van der Waals surface area contributed by atoms with Gasteiger partial charge in [-0.05, 0) is 23.6 Å². The van der Waals surface area contributed by atoms with Crippen molar-refractivity contribution in [1.82, 2.24) is 0 Å². The summed E-state index contributed by atoms with van der Waals surface area (Å²) in [4.78, 5) is 11.8. The van der Waals surface area contributed by atoms with Crippen LogP contribution in [0.5, 0.6) is 5.75 Å². The molecule has 0 aliphatic rings. The minimum Gasteiger partial charge on any atom is -0.491 e. The van der Waals surface area contributed by atoms with Gasteiger partial charge in [0, 0.05) is 22.9 Å². The fourth-order valence-electron chi connectivity index (χ4n) is 1.68. The van der Waals surface area contributed by atoms with Gasteiger partial charge >= 0.3 is 5.97 Å². The Bertz CT molecular complexity index is 606. The molecule has 20 heavy (non-hydrogen) atoms. The summed E-state index contributed by atoms with van der Waals surface area (Å²) in [7, 11) is 0. The molecular formula is C15H13ClO3S. The molecule has 0 atom stereocenters. The van der Waals surface area contributed by atoms with E-state index >= 15 is 0 Å². The molecule has 2 rings (SSSR count). The third-order valence-electron chi connectivity index (χ3n) is 2.58. The molecule has 0 aliphatic carbocycles. The number of hydrogen-bond donors (Lipinski definition) is 1. The van der Waals surface area contributed by atoms with Crippen molar-refractivity contribution in [2.45, 2.75) is 6.42 Å². The second kappa shape index (κ2) is 7.12. The molecular weight excluding hydrogens is 296 g/mol. The van der Waals surface area contributed by atoms with Crippen molar-refractivity contribution in [3.63, 3.8) is 0 Å². The van der Waals surface area contributed by atoms with E-state index in [1.54, 1.807) is 29.5 Å². The summed E-state index contributed by atoms with van der Waals surface area (Å²) in [5, 5.41) is 11.2. The summed E-state index contributed by atoms with van der Waals surface area (Å²) in [6.07, 6.45) is 3.34. The van der Waals surface area contributed by atoms with Gasteiger partial charge in [-0.3, -0.25) is 0 Å². The van der Waals surface area contributed by atoms with Crippen LogP contribution in [0.4, 0.5) is 0 Å². The van der Waals surface area contributed by atoms with E-state index in [4.69, 9.17) is 21.4 Å². The summed E-state index contributed by atoms with van der Waals surface area (Å²) in [5.41, 5.74) is 0.658. The van der Waals surface area contributed by atoms with E-state index in [0.717, 1.165) is 12.5 Å². The highest BCUT2D eigenvalue weighted by atomic mass is 35.5. The van der Waals surface area contributed by atoms with E-state index in [-0.39, 0.29) is 0 Å². The number of benzene rings is 1. The lowest BCUT2D eigenvalue weighted by Gasteiger charge is -2.10. The van der Waals surface area contributed by atoms with Gasteiger partial charge in [0.05, 0.1) is 11.6 Å². The van der Waals surface area contributed by atoms with Crippen LogP contribution >= 0.6 is 22.9 Å². The van der Waals surface area contributed by atoms with Gasteiger partial charge in [-0.25, -0.2) is 4.79 Å². The Labute approximate surface area is 126 Å². The smallest absolute Gasteiger partial charge is 0.328 e. The minimum absolute atomic E-state index is 0.476. The first-order chi connectivity index (χ1) is 9.66. The van der Waals surface area contributed by atoms with Crippen LogP contribution in [0.15, 0.2) is 41.8 Å². The molecule has 0 bridgehead atoms. The van der Waals surface area contributed by atoms with Crippen molar-refractivity contribution >= 4 is 35.0 Å². The minimum atomic E-state index is -1.01. The van der Waals surface area contributed by atoms with Crippen LogP contribution in [-0.4, -0.2) is 17.7 Å². The number of rotatable bonds is 6. The van der Waals surface area contributed by atoms with Crippen molar-refractivity contribution in [2.75, 3.05) is 6.61 Å². The standard InChI is InChI=1S/C15H13ClO3S/c16-13-5-1-3-11(6-7-14(17)18)15(13)19-9-8-12-4-2-10-20-12/h1-7,10H,8-9H2,(H,17,18)/b7-6+. The van der Waals surface area contributed by atoms with E-state index in [0.29, 0.717) is 22.9 Å².